The SMILES string of the molecule is CCCCC/C=C\C/C=C\CCCCCCCCCCCCCCCC(=O)OC1C(OCC(NC(=O)C(O)CCCCCCCCCC/C=C\C/C=C\CCCCC)C(O)/C=C/CCCCCCCCCCCCC)OC(CO)C(O)C1O. The quantitative estimate of drug-likeness (QED) is 0.0195. The second-order valence-corrected chi connectivity index (χ2v) is 24.3. The minimum Gasteiger partial charge on any atom is -0.454 e. The van der Waals surface area contributed by atoms with E-state index in [2.05, 4.69) is 74.7 Å². The highest BCUT2D eigenvalue weighted by atomic mass is 16.7. The van der Waals surface area contributed by atoms with Gasteiger partial charge in [0, 0.05) is 6.42 Å². The van der Waals surface area contributed by atoms with Crippen LogP contribution in [0.25, 0.3) is 0 Å². The number of aliphatic hydroxyl groups excluding tert-OH is 5. The maximum atomic E-state index is 13.5. The maximum Gasteiger partial charge on any atom is 0.306 e. The molecule has 1 saturated heterocycles. The fourth-order valence-corrected chi connectivity index (χ4v) is 10.8. The summed E-state index contributed by atoms with van der Waals surface area (Å²) in [6.45, 7) is 5.78. The Hall–Kier alpha value is -2.64. The summed E-state index contributed by atoms with van der Waals surface area (Å²) in [5.41, 5.74) is 0. The van der Waals surface area contributed by atoms with Crippen LogP contribution in [-0.4, -0.2) is 99.6 Å². The lowest BCUT2D eigenvalue weighted by Gasteiger charge is -2.41. The van der Waals surface area contributed by atoms with Crippen LogP contribution in [0, 0.1) is 0 Å². The second kappa shape index (κ2) is 59.7. The topological polar surface area (TPSA) is 175 Å². The summed E-state index contributed by atoms with van der Waals surface area (Å²) in [4.78, 5) is 26.7. The minimum absolute atomic E-state index is 0.122. The summed E-state index contributed by atoms with van der Waals surface area (Å²) >= 11 is 0. The van der Waals surface area contributed by atoms with Gasteiger partial charge in [-0.25, -0.2) is 0 Å². The first-order valence-electron chi connectivity index (χ1n) is 35.1. The highest BCUT2D eigenvalue weighted by Gasteiger charge is 2.47. The summed E-state index contributed by atoms with van der Waals surface area (Å²) in [6.07, 6.45) is 65.3. The van der Waals surface area contributed by atoms with Gasteiger partial charge in [0.2, 0.25) is 5.91 Å². The molecule has 1 amide bonds. The molecule has 0 radical (unpaired) electrons. The first kappa shape index (κ1) is 78.4. The summed E-state index contributed by atoms with van der Waals surface area (Å²) in [5.74, 6) is -1.19. The van der Waals surface area contributed by atoms with Crippen LogP contribution in [0.5, 0.6) is 0 Å². The van der Waals surface area contributed by atoms with Crippen LogP contribution in [0.1, 0.15) is 323 Å². The van der Waals surface area contributed by atoms with Crippen LogP contribution in [0.3, 0.4) is 0 Å². The number of rotatable bonds is 60. The molecule has 0 bridgehead atoms. The molecule has 0 spiro atoms. The molecule has 6 N–H and O–H groups in total. The molecule has 8 unspecified atom stereocenters. The molecule has 1 fully saturated rings. The smallest absolute Gasteiger partial charge is 0.306 e. The zero-order chi connectivity index (χ0) is 60.3. The Labute approximate surface area is 509 Å². The van der Waals surface area contributed by atoms with Crippen molar-refractivity contribution in [3.05, 3.63) is 60.8 Å². The third kappa shape index (κ3) is 47.2. The highest BCUT2D eigenvalue weighted by molar-refractivity contribution is 5.80. The van der Waals surface area contributed by atoms with Gasteiger partial charge in [-0.2, -0.15) is 0 Å². The molecule has 484 valence electrons. The Morgan fingerprint density at radius 1 is 0.470 bits per heavy atom. The zero-order valence-electron chi connectivity index (χ0n) is 53.8. The van der Waals surface area contributed by atoms with Gasteiger partial charge in [-0.05, 0) is 89.9 Å². The molecule has 1 rings (SSSR count). The monoisotopic (exact) mass is 1170 g/mol. The summed E-state index contributed by atoms with van der Waals surface area (Å²) < 4.78 is 17.7. The van der Waals surface area contributed by atoms with Crippen molar-refractivity contribution in [3.63, 3.8) is 0 Å². The predicted octanol–water partition coefficient (Wildman–Crippen LogP) is 17.7. The van der Waals surface area contributed by atoms with Gasteiger partial charge in [-0.3, -0.25) is 9.59 Å². The van der Waals surface area contributed by atoms with E-state index in [9.17, 15) is 35.1 Å². The fraction of sp³-hybridized carbons (Fsp3) is 0.833. The Balaban J connectivity index is 2.60. The van der Waals surface area contributed by atoms with E-state index in [4.69, 9.17) is 14.2 Å². The number of hydrogen-bond donors (Lipinski definition) is 6. The molecule has 0 aliphatic carbocycles. The van der Waals surface area contributed by atoms with Crippen molar-refractivity contribution >= 4 is 11.9 Å². The van der Waals surface area contributed by atoms with Gasteiger partial charge in [-0.15, -0.1) is 0 Å². The van der Waals surface area contributed by atoms with E-state index in [1.165, 1.54) is 199 Å². The second-order valence-electron chi connectivity index (χ2n) is 24.3. The van der Waals surface area contributed by atoms with E-state index in [1.807, 2.05) is 6.08 Å². The van der Waals surface area contributed by atoms with E-state index in [0.29, 0.717) is 12.8 Å². The van der Waals surface area contributed by atoms with Gasteiger partial charge in [0.15, 0.2) is 12.4 Å². The number of hydrogen-bond acceptors (Lipinski definition) is 10. The molecule has 0 aromatic heterocycles. The number of amides is 1. The molecule has 1 heterocycles. The highest BCUT2D eigenvalue weighted by Crippen LogP contribution is 2.26. The Morgan fingerprint density at radius 2 is 0.831 bits per heavy atom. The lowest BCUT2D eigenvalue weighted by atomic mass is 9.99. The number of unbranched alkanes of at least 4 members (excludes halogenated alkanes) is 38. The van der Waals surface area contributed by atoms with Gasteiger partial charge in [0.25, 0.3) is 0 Å². The van der Waals surface area contributed by atoms with Gasteiger partial charge in [0.1, 0.15) is 24.4 Å². The molecule has 1 aliphatic rings. The van der Waals surface area contributed by atoms with Crippen molar-refractivity contribution in [2.75, 3.05) is 13.2 Å². The van der Waals surface area contributed by atoms with Crippen LogP contribution in [0.2, 0.25) is 0 Å². The van der Waals surface area contributed by atoms with Gasteiger partial charge in [0.05, 0.1) is 25.4 Å². The first-order chi connectivity index (χ1) is 40.7. The number of carbonyl (C=O) groups is 2. The summed E-state index contributed by atoms with van der Waals surface area (Å²) in [5, 5.41) is 57.2. The molecule has 0 saturated carbocycles. The number of carbonyl (C=O) groups excluding carboxylic acids is 2. The number of allylic oxidation sites excluding steroid dienone is 9. The molecule has 1 aliphatic heterocycles. The normalized spacial score (nSPS) is 18.9. The third-order valence-corrected chi connectivity index (χ3v) is 16.4. The van der Waals surface area contributed by atoms with Crippen molar-refractivity contribution in [1.29, 1.82) is 0 Å². The molecule has 0 aromatic rings. The molecule has 83 heavy (non-hydrogen) atoms. The minimum atomic E-state index is -1.62. The number of esters is 1. The van der Waals surface area contributed by atoms with Crippen molar-refractivity contribution in [2.45, 2.75) is 372 Å². The Kier molecular flexibility index (Phi) is 56.4. The average molecular weight is 1170 g/mol. The molecule has 0 aromatic carbocycles. The van der Waals surface area contributed by atoms with Crippen molar-refractivity contribution in [2.24, 2.45) is 0 Å². The molecular formula is C72H131NO10. The fourth-order valence-electron chi connectivity index (χ4n) is 10.8. The van der Waals surface area contributed by atoms with Crippen LogP contribution >= 0.6 is 0 Å². The molecular weight excluding hydrogens is 1040 g/mol. The number of aliphatic hydroxyl groups is 5. The summed E-state index contributed by atoms with van der Waals surface area (Å²) in [7, 11) is 0. The molecule has 11 heteroatoms. The van der Waals surface area contributed by atoms with Crippen LogP contribution in [0.4, 0.5) is 0 Å². The van der Waals surface area contributed by atoms with E-state index < -0.39 is 67.4 Å². The standard InChI is InChI=1S/C72H131NO10/c1-4-7-10-13-16-19-22-25-27-29-31-32-33-34-35-37-39-42-45-48-51-54-57-60-67(77)83-70-69(79)68(78)66(61-74)82-72(70)81-62-63(64(75)58-55-52-49-46-43-40-24-21-18-15-12-9-6-3)73-71(80)65(76)59-56-53-50-47-44-41-38-36-30-28-26-23-20-17-14-11-8-5-2/h16-17,19-20,25-28,55,58,63-66,68-70,72,74-76,78-79H,4-15,18,21-24,29-54,56-57,59-62H2,1-3H3,(H,73,80)/b19-16-,20-17-,27-25-,28-26-,58-55+. The van der Waals surface area contributed by atoms with Crippen LogP contribution in [0.15, 0.2) is 60.8 Å². The molecule has 11 nitrogen and oxygen atoms in total. The first-order valence-corrected chi connectivity index (χ1v) is 35.1. The van der Waals surface area contributed by atoms with Crippen LogP contribution < -0.4 is 5.32 Å². The summed E-state index contributed by atoms with van der Waals surface area (Å²) in [6, 6.07) is -1.03. The average Bonchev–Trinajstić information content (AvgIpc) is 3.50. The van der Waals surface area contributed by atoms with Crippen molar-refractivity contribution in [3.8, 4) is 0 Å². The van der Waals surface area contributed by atoms with Crippen molar-refractivity contribution in [1.82, 2.24) is 5.32 Å². The van der Waals surface area contributed by atoms with Gasteiger partial charge < -0.3 is 45.1 Å². The Morgan fingerprint density at radius 3 is 1.25 bits per heavy atom. The predicted molar refractivity (Wildman–Crippen MR) is 347 cm³/mol. The largest absolute Gasteiger partial charge is 0.454 e. The van der Waals surface area contributed by atoms with Crippen LogP contribution in [-0.2, 0) is 23.8 Å². The third-order valence-electron chi connectivity index (χ3n) is 16.4. The Bertz CT molecular complexity index is 1580. The van der Waals surface area contributed by atoms with E-state index >= 15 is 0 Å². The van der Waals surface area contributed by atoms with E-state index in [1.54, 1.807) is 6.08 Å². The van der Waals surface area contributed by atoms with Gasteiger partial charge in [-0.1, -0.05) is 287 Å². The van der Waals surface area contributed by atoms with Crippen molar-refractivity contribution < 1.29 is 49.3 Å². The number of ether oxygens (including phenoxy) is 3. The van der Waals surface area contributed by atoms with Gasteiger partial charge >= 0.3 is 5.97 Å². The lowest BCUT2D eigenvalue weighted by molar-refractivity contribution is -0.305. The lowest BCUT2D eigenvalue weighted by Crippen LogP contribution is -2.61. The maximum absolute atomic E-state index is 13.5. The van der Waals surface area contributed by atoms with E-state index in [-0.39, 0.29) is 19.4 Å². The molecule has 8 atom stereocenters. The zero-order valence-corrected chi connectivity index (χ0v) is 53.8. The number of nitrogens with one attached hydrogen (secondary N) is 1. The van der Waals surface area contributed by atoms with E-state index in [0.717, 1.165) is 77.0 Å².